The number of ether oxygens (including phenoxy) is 3. The molecule has 0 radical (unpaired) electrons. The van der Waals surface area contributed by atoms with Crippen molar-refractivity contribution < 1.29 is 23.7 Å². The van der Waals surface area contributed by atoms with Crippen LogP contribution in [0.1, 0.15) is 22.8 Å². The molecule has 2 N–H and O–H groups in total. The van der Waals surface area contributed by atoms with Gasteiger partial charge in [0.15, 0.2) is 17.8 Å². The van der Waals surface area contributed by atoms with Gasteiger partial charge in [-0.2, -0.15) is 5.10 Å². The lowest BCUT2D eigenvalue weighted by atomic mass is 10.0. The van der Waals surface area contributed by atoms with Crippen LogP contribution in [0.2, 0.25) is 10.0 Å². The predicted molar refractivity (Wildman–Crippen MR) is 143 cm³/mol. The topological polar surface area (TPSA) is 90.7 Å². The lowest BCUT2D eigenvalue weighted by Gasteiger charge is -2.24. The van der Waals surface area contributed by atoms with E-state index < -0.39 is 12.4 Å². The molecule has 4 rings (SSSR count). The zero-order valence-electron chi connectivity index (χ0n) is 20.8. The number of hydrogen-bond donors (Lipinski definition) is 2. The normalized spacial score (nSPS) is 12.7. The Morgan fingerprint density at radius 1 is 1.03 bits per heavy atom. The molecule has 0 saturated carbocycles. The van der Waals surface area contributed by atoms with Crippen molar-refractivity contribution in [3.05, 3.63) is 99.8 Å². The third-order valence-electron chi connectivity index (χ3n) is 5.83. The summed E-state index contributed by atoms with van der Waals surface area (Å²) in [4.78, 5) is 4.00. The van der Waals surface area contributed by atoms with Gasteiger partial charge in [-0.05, 0) is 35.4 Å². The molecule has 0 amide bonds. The van der Waals surface area contributed by atoms with E-state index >= 15 is 0 Å². The van der Waals surface area contributed by atoms with Gasteiger partial charge in [-0.3, -0.25) is 9.67 Å². The van der Waals surface area contributed by atoms with Crippen molar-refractivity contribution in [3.8, 4) is 11.5 Å². The van der Waals surface area contributed by atoms with E-state index in [9.17, 15) is 9.50 Å². The van der Waals surface area contributed by atoms with Crippen LogP contribution in [0.4, 0.5) is 10.1 Å². The standard InChI is InChI=1S/C27H27Cl2FN4O4/c1-36-24-8-7-18(9-26(24)37-2)25(10-19-20(28)13-31-14-21(19)29)38-27(35)16-34-15-17(12-33-34)11-32-23-6-4-3-5-22(23)30/h3-9,12-15,25,27,32,35H,10-11,16H2,1-2H3/t25-,27?/m0/s1. The first-order chi connectivity index (χ1) is 18.4. The van der Waals surface area contributed by atoms with Crippen molar-refractivity contribution in [2.75, 3.05) is 19.5 Å². The van der Waals surface area contributed by atoms with Crippen LogP contribution in [-0.2, 0) is 24.2 Å². The predicted octanol–water partition coefficient (Wildman–Crippen LogP) is 5.67. The van der Waals surface area contributed by atoms with Gasteiger partial charge in [0.05, 0.1) is 48.8 Å². The van der Waals surface area contributed by atoms with Crippen molar-refractivity contribution in [1.82, 2.24) is 14.8 Å². The molecular weight excluding hydrogens is 534 g/mol. The number of halogens is 3. The summed E-state index contributed by atoms with van der Waals surface area (Å²) in [6.07, 6.45) is 4.81. The largest absolute Gasteiger partial charge is 0.493 e. The second-order valence-corrected chi connectivity index (χ2v) is 9.20. The number of nitrogens with zero attached hydrogens (tertiary/aromatic N) is 3. The van der Waals surface area contributed by atoms with E-state index in [0.29, 0.717) is 39.3 Å². The van der Waals surface area contributed by atoms with Gasteiger partial charge in [0.25, 0.3) is 0 Å². The van der Waals surface area contributed by atoms with Gasteiger partial charge < -0.3 is 24.6 Å². The molecule has 0 aliphatic carbocycles. The summed E-state index contributed by atoms with van der Waals surface area (Å²) < 4.78 is 32.3. The Morgan fingerprint density at radius 2 is 1.76 bits per heavy atom. The fraction of sp³-hybridized carbons (Fsp3) is 0.259. The third kappa shape index (κ3) is 6.93. The number of nitrogens with one attached hydrogen (secondary N) is 1. The van der Waals surface area contributed by atoms with Crippen molar-refractivity contribution in [2.24, 2.45) is 0 Å². The minimum atomic E-state index is -1.22. The first kappa shape index (κ1) is 27.7. The van der Waals surface area contributed by atoms with Gasteiger partial charge in [0.2, 0.25) is 0 Å². The number of anilines is 1. The van der Waals surface area contributed by atoms with Crippen molar-refractivity contribution in [2.45, 2.75) is 31.9 Å². The molecule has 2 heterocycles. The van der Waals surface area contributed by atoms with Crippen LogP contribution in [0.5, 0.6) is 11.5 Å². The Kier molecular flexibility index (Phi) is 9.41. The highest BCUT2D eigenvalue weighted by Crippen LogP contribution is 2.35. The van der Waals surface area contributed by atoms with Crippen LogP contribution in [0.15, 0.2) is 67.3 Å². The van der Waals surface area contributed by atoms with Crippen LogP contribution < -0.4 is 14.8 Å². The van der Waals surface area contributed by atoms with Gasteiger partial charge >= 0.3 is 0 Å². The van der Waals surface area contributed by atoms with E-state index in [1.807, 2.05) is 6.07 Å². The van der Waals surface area contributed by atoms with Crippen molar-refractivity contribution in [3.63, 3.8) is 0 Å². The number of aliphatic hydroxyl groups is 1. The van der Waals surface area contributed by atoms with Crippen molar-refractivity contribution >= 4 is 28.9 Å². The molecular formula is C27H27Cl2FN4O4. The molecule has 1 unspecified atom stereocenters. The highest BCUT2D eigenvalue weighted by atomic mass is 35.5. The average molecular weight is 561 g/mol. The molecule has 4 aromatic rings. The molecule has 11 heteroatoms. The summed E-state index contributed by atoms with van der Waals surface area (Å²) in [6.45, 7) is 0.423. The molecule has 0 saturated heterocycles. The minimum absolute atomic E-state index is 0.0568. The Bertz CT molecular complexity index is 1350. The lowest BCUT2D eigenvalue weighted by Crippen LogP contribution is -2.24. The number of aromatic nitrogens is 3. The zero-order chi connectivity index (χ0) is 27.1. The summed E-state index contributed by atoms with van der Waals surface area (Å²) in [5.41, 5.74) is 2.57. The number of pyridine rings is 1. The number of para-hydroxylation sites is 1. The summed E-state index contributed by atoms with van der Waals surface area (Å²) in [5, 5.41) is 18.9. The molecule has 2 aromatic heterocycles. The number of aliphatic hydroxyl groups excluding tert-OH is 1. The Balaban J connectivity index is 1.48. The number of hydrogen-bond acceptors (Lipinski definition) is 7. The Morgan fingerprint density at radius 3 is 2.47 bits per heavy atom. The molecule has 2 aromatic carbocycles. The summed E-state index contributed by atoms with van der Waals surface area (Å²) in [7, 11) is 3.09. The summed E-state index contributed by atoms with van der Waals surface area (Å²) >= 11 is 12.7. The molecule has 200 valence electrons. The highest BCUT2D eigenvalue weighted by molar-refractivity contribution is 6.35. The molecule has 0 spiro atoms. The molecule has 38 heavy (non-hydrogen) atoms. The maximum absolute atomic E-state index is 13.9. The van der Waals surface area contributed by atoms with Gasteiger partial charge in [-0.1, -0.05) is 41.4 Å². The fourth-order valence-electron chi connectivity index (χ4n) is 3.91. The van der Waals surface area contributed by atoms with E-state index in [1.54, 1.807) is 61.6 Å². The monoisotopic (exact) mass is 560 g/mol. The summed E-state index contributed by atoms with van der Waals surface area (Å²) in [6, 6.07) is 11.8. The number of rotatable bonds is 12. The molecule has 8 nitrogen and oxygen atoms in total. The lowest BCUT2D eigenvalue weighted by molar-refractivity contribution is -0.146. The first-order valence-electron chi connectivity index (χ1n) is 11.7. The van der Waals surface area contributed by atoms with E-state index in [1.165, 1.54) is 18.5 Å². The quantitative estimate of drug-likeness (QED) is 0.216. The van der Waals surface area contributed by atoms with E-state index in [2.05, 4.69) is 15.4 Å². The average Bonchev–Trinajstić information content (AvgIpc) is 3.36. The second kappa shape index (κ2) is 12.9. The maximum atomic E-state index is 13.9. The Hall–Kier alpha value is -3.37. The van der Waals surface area contributed by atoms with Crippen LogP contribution in [0, 0.1) is 5.82 Å². The van der Waals surface area contributed by atoms with E-state index in [0.717, 1.165) is 11.1 Å². The molecule has 0 bridgehead atoms. The molecule has 0 aliphatic heterocycles. The smallest absolute Gasteiger partial charge is 0.175 e. The number of methoxy groups -OCH3 is 2. The van der Waals surface area contributed by atoms with Gasteiger partial charge in [-0.25, -0.2) is 4.39 Å². The van der Waals surface area contributed by atoms with E-state index in [-0.39, 0.29) is 18.8 Å². The highest BCUT2D eigenvalue weighted by Gasteiger charge is 2.22. The van der Waals surface area contributed by atoms with E-state index in [4.69, 9.17) is 37.4 Å². The molecule has 0 aliphatic rings. The van der Waals surface area contributed by atoms with Crippen LogP contribution in [0.25, 0.3) is 0 Å². The van der Waals surface area contributed by atoms with Crippen LogP contribution in [0.3, 0.4) is 0 Å². The number of benzene rings is 2. The maximum Gasteiger partial charge on any atom is 0.175 e. The Labute approximate surface area is 229 Å². The SMILES string of the molecule is COc1ccc([C@H](Cc2c(Cl)cncc2Cl)OC(O)Cn2cc(CNc3ccccc3F)cn2)cc1OC. The fourth-order valence-corrected chi connectivity index (χ4v) is 4.43. The summed E-state index contributed by atoms with van der Waals surface area (Å²) in [5.74, 6) is 0.738. The first-order valence-corrected chi connectivity index (χ1v) is 12.5. The van der Waals surface area contributed by atoms with Crippen LogP contribution >= 0.6 is 23.2 Å². The third-order valence-corrected chi connectivity index (χ3v) is 6.48. The minimum Gasteiger partial charge on any atom is -0.493 e. The van der Waals surface area contributed by atoms with Gasteiger partial charge in [0, 0.05) is 37.1 Å². The molecule has 0 fully saturated rings. The van der Waals surface area contributed by atoms with Crippen LogP contribution in [-0.4, -0.2) is 40.4 Å². The molecule has 2 atom stereocenters. The van der Waals surface area contributed by atoms with Gasteiger partial charge in [-0.15, -0.1) is 0 Å². The van der Waals surface area contributed by atoms with Crippen molar-refractivity contribution in [1.29, 1.82) is 0 Å². The van der Waals surface area contributed by atoms with Gasteiger partial charge in [0.1, 0.15) is 5.82 Å². The zero-order valence-corrected chi connectivity index (χ0v) is 22.3. The second-order valence-electron chi connectivity index (χ2n) is 8.38.